The summed E-state index contributed by atoms with van der Waals surface area (Å²) >= 11 is 0. The standard InChI is InChI=1S/C22H28N4O2/c1-14-10-20(27-4)15(2)9-17(14)13-26-8-6-5-7-19(26)22-18(12-23-24-22)21-11-16(3)25-28-21/h9-12,19H,5-8,13H2,1-4H3,(H,23,24)/t19-/m0/s1. The Bertz CT molecular complexity index is 959. The topological polar surface area (TPSA) is 67.2 Å². The van der Waals surface area contributed by atoms with Crippen molar-refractivity contribution >= 4 is 0 Å². The fourth-order valence-electron chi connectivity index (χ4n) is 4.20. The molecule has 3 aromatic rings. The summed E-state index contributed by atoms with van der Waals surface area (Å²) in [6, 6.07) is 6.66. The fourth-order valence-corrected chi connectivity index (χ4v) is 4.20. The van der Waals surface area contributed by atoms with Gasteiger partial charge in [0.15, 0.2) is 5.76 Å². The minimum Gasteiger partial charge on any atom is -0.496 e. The van der Waals surface area contributed by atoms with Crippen molar-refractivity contribution < 1.29 is 9.26 Å². The summed E-state index contributed by atoms with van der Waals surface area (Å²) in [5, 5.41) is 11.6. The van der Waals surface area contributed by atoms with E-state index < -0.39 is 0 Å². The Hall–Kier alpha value is -2.60. The van der Waals surface area contributed by atoms with Crippen LogP contribution in [0.1, 0.15) is 53.4 Å². The van der Waals surface area contributed by atoms with Crippen LogP contribution in [0.5, 0.6) is 5.75 Å². The molecule has 0 unspecified atom stereocenters. The minimum absolute atomic E-state index is 0.290. The van der Waals surface area contributed by atoms with Crippen molar-refractivity contribution in [1.29, 1.82) is 0 Å². The molecule has 0 aliphatic carbocycles. The van der Waals surface area contributed by atoms with Crippen molar-refractivity contribution in [1.82, 2.24) is 20.3 Å². The van der Waals surface area contributed by atoms with Gasteiger partial charge in [0.2, 0.25) is 0 Å². The average Bonchev–Trinajstić information content (AvgIpc) is 3.33. The minimum atomic E-state index is 0.290. The zero-order valence-electron chi connectivity index (χ0n) is 17.1. The van der Waals surface area contributed by atoms with Crippen LogP contribution in [0, 0.1) is 20.8 Å². The van der Waals surface area contributed by atoms with Crippen molar-refractivity contribution in [3.8, 4) is 17.1 Å². The van der Waals surface area contributed by atoms with E-state index in [1.165, 1.54) is 29.5 Å². The first-order chi connectivity index (χ1) is 13.6. The van der Waals surface area contributed by atoms with Crippen molar-refractivity contribution in [3.05, 3.63) is 52.5 Å². The Morgan fingerprint density at radius 1 is 1.18 bits per heavy atom. The molecule has 4 rings (SSSR count). The maximum atomic E-state index is 5.51. The number of nitrogens with zero attached hydrogens (tertiary/aromatic N) is 3. The second kappa shape index (κ2) is 7.80. The molecule has 148 valence electrons. The van der Waals surface area contributed by atoms with Crippen LogP contribution in [0.2, 0.25) is 0 Å². The Balaban J connectivity index is 1.63. The number of nitrogens with one attached hydrogen (secondary N) is 1. The SMILES string of the molecule is COc1cc(C)c(CN2CCCC[C@H]2c2[nH]ncc2-c2cc(C)no2)cc1C. The van der Waals surface area contributed by atoms with E-state index in [9.17, 15) is 0 Å². The first kappa shape index (κ1) is 18.7. The van der Waals surface area contributed by atoms with Crippen LogP contribution in [0.3, 0.4) is 0 Å². The van der Waals surface area contributed by atoms with Crippen molar-refractivity contribution in [2.75, 3.05) is 13.7 Å². The lowest BCUT2D eigenvalue weighted by Gasteiger charge is -2.36. The molecule has 0 amide bonds. The molecule has 1 atom stereocenters. The van der Waals surface area contributed by atoms with Crippen molar-refractivity contribution in [2.45, 2.75) is 52.6 Å². The Morgan fingerprint density at radius 3 is 2.79 bits per heavy atom. The van der Waals surface area contributed by atoms with Gasteiger partial charge in [-0.05, 0) is 62.9 Å². The molecule has 6 heteroatoms. The summed E-state index contributed by atoms with van der Waals surface area (Å²) in [5.41, 5.74) is 6.81. The van der Waals surface area contributed by atoms with Crippen molar-refractivity contribution in [2.24, 2.45) is 0 Å². The number of rotatable bonds is 5. The maximum absolute atomic E-state index is 5.51. The Morgan fingerprint density at radius 2 is 2.04 bits per heavy atom. The number of hydrogen-bond donors (Lipinski definition) is 1. The highest BCUT2D eigenvalue weighted by Gasteiger charge is 2.29. The van der Waals surface area contributed by atoms with Gasteiger partial charge in [0.05, 0.1) is 36.3 Å². The van der Waals surface area contributed by atoms with Crippen LogP contribution in [0.25, 0.3) is 11.3 Å². The predicted octanol–water partition coefficient (Wildman–Crippen LogP) is 4.73. The summed E-state index contributed by atoms with van der Waals surface area (Å²) < 4.78 is 11.0. The molecular weight excluding hydrogens is 352 g/mol. The Kier molecular flexibility index (Phi) is 5.22. The van der Waals surface area contributed by atoms with E-state index in [-0.39, 0.29) is 0 Å². The number of H-pyrrole nitrogens is 1. The molecule has 1 aromatic carbocycles. The number of methoxy groups -OCH3 is 1. The van der Waals surface area contributed by atoms with Gasteiger partial charge in [0, 0.05) is 12.6 Å². The number of likely N-dealkylation sites (tertiary alicyclic amines) is 1. The largest absolute Gasteiger partial charge is 0.496 e. The van der Waals surface area contributed by atoms with Crippen LogP contribution >= 0.6 is 0 Å². The third-order valence-corrected chi connectivity index (χ3v) is 5.74. The predicted molar refractivity (Wildman–Crippen MR) is 108 cm³/mol. The number of aromatic amines is 1. The summed E-state index contributed by atoms with van der Waals surface area (Å²) in [7, 11) is 1.73. The summed E-state index contributed by atoms with van der Waals surface area (Å²) in [6.45, 7) is 8.19. The molecule has 0 radical (unpaired) electrons. The van der Waals surface area contributed by atoms with Gasteiger partial charge in [0.25, 0.3) is 0 Å². The van der Waals surface area contributed by atoms with Gasteiger partial charge >= 0.3 is 0 Å². The molecule has 0 bridgehead atoms. The van der Waals surface area contributed by atoms with Crippen LogP contribution in [0.4, 0.5) is 0 Å². The second-order valence-electron chi connectivity index (χ2n) is 7.76. The van der Waals surface area contributed by atoms with Gasteiger partial charge in [0.1, 0.15) is 5.75 Å². The summed E-state index contributed by atoms with van der Waals surface area (Å²) in [6.07, 6.45) is 5.40. The summed E-state index contributed by atoms with van der Waals surface area (Å²) in [5.74, 6) is 1.73. The molecule has 2 aromatic heterocycles. The normalized spacial score (nSPS) is 17.8. The van der Waals surface area contributed by atoms with E-state index in [0.29, 0.717) is 6.04 Å². The average molecular weight is 380 g/mol. The third-order valence-electron chi connectivity index (χ3n) is 5.74. The molecule has 1 aliphatic rings. The number of hydrogen-bond acceptors (Lipinski definition) is 5. The molecular formula is C22H28N4O2. The first-order valence-electron chi connectivity index (χ1n) is 9.92. The number of aryl methyl sites for hydroxylation is 3. The van der Waals surface area contributed by atoms with Crippen LogP contribution in [-0.4, -0.2) is 33.9 Å². The van der Waals surface area contributed by atoms with Crippen LogP contribution in [0.15, 0.2) is 28.9 Å². The molecule has 28 heavy (non-hydrogen) atoms. The molecule has 0 saturated carbocycles. The quantitative estimate of drug-likeness (QED) is 0.693. The number of piperidine rings is 1. The van der Waals surface area contributed by atoms with E-state index in [4.69, 9.17) is 9.26 Å². The molecule has 3 heterocycles. The lowest BCUT2D eigenvalue weighted by Crippen LogP contribution is -2.33. The lowest BCUT2D eigenvalue weighted by atomic mass is 9.94. The monoisotopic (exact) mass is 380 g/mol. The number of benzene rings is 1. The smallest absolute Gasteiger partial charge is 0.170 e. The van der Waals surface area contributed by atoms with Crippen molar-refractivity contribution in [3.63, 3.8) is 0 Å². The fraction of sp³-hybridized carbons (Fsp3) is 0.455. The molecule has 1 saturated heterocycles. The second-order valence-corrected chi connectivity index (χ2v) is 7.76. The zero-order valence-corrected chi connectivity index (χ0v) is 17.1. The molecule has 1 N–H and O–H groups in total. The highest BCUT2D eigenvalue weighted by molar-refractivity contribution is 5.60. The number of aromatic nitrogens is 3. The molecule has 1 aliphatic heterocycles. The van der Waals surface area contributed by atoms with E-state index in [0.717, 1.165) is 48.0 Å². The highest BCUT2D eigenvalue weighted by Crippen LogP contribution is 2.37. The first-order valence-corrected chi connectivity index (χ1v) is 9.92. The van der Waals surface area contributed by atoms with Gasteiger partial charge in [-0.15, -0.1) is 0 Å². The van der Waals surface area contributed by atoms with Gasteiger partial charge in [-0.1, -0.05) is 17.6 Å². The van der Waals surface area contributed by atoms with E-state index in [2.05, 4.69) is 46.2 Å². The van der Waals surface area contributed by atoms with Gasteiger partial charge in [-0.2, -0.15) is 5.10 Å². The highest BCUT2D eigenvalue weighted by atomic mass is 16.5. The van der Waals surface area contributed by atoms with E-state index in [1.54, 1.807) is 7.11 Å². The number of ether oxygens (including phenoxy) is 1. The molecule has 0 spiro atoms. The van der Waals surface area contributed by atoms with E-state index >= 15 is 0 Å². The third kappa shape index (κ3) is 3.56. The van der Waals surface area contributed by atoms with Gasteiger partial charge in [-0.25, -0.2) is 0 Å². The van der Waals surface area contributed by atoms with Gasteiger partial charge in [-0.3, -0.25) is 10.00 Å². The van der Waals surface area contributed by atoms with Crippen LogP contribution < -0.4 is 4.74 Å². The van der Waals surface area contributed by atoms with Gasteiger partial charge < -0.3 is 9.26 Å². The van der Waals surface area contributed by atoms with Crippen LogP contribution in [-0.2, 0) is 6.54 Å². The lowest BCUT2D eigenvalue weighted by molar-refractivity contribution is 0.137. The maximum Gasteiger partial charge on any atom is 0.170 e. The van der Waals surface area contributed by atoms with E-state index in [1.807, 2.05) is 19.2 Å². The zero-order chi connectivity index (χ0) is 19.7. The molecule has 1 fully saturated rings. The Labute approximate surface area is 165 Å². The summed E-state index contributed by atoms with van der Waals surface area (Å²) in [4.78, 5) is 2.55. The molecule has 6 nitrogen and oxygen atoms in total.